The molecule has 8 nitrogen and oxygen atoms in total. The van der Waals surface area contributed by atoms with E-state index in [0.29, 0.717) is 50.3 Å². The Morgan fingerprint density at radius 3 is 2.71 bits per heavy atom. The van der Waals surface area contributed by atoms with Crippen molar-refractivity contribution in [2.45, 2.75) is 43.9 Å². The maximum atomic E-state index is 12.9. The fourth-order valence-corrected chi connectivity index (χ4v) is 5.06. The van der Waals surface area contributed by atoms with Crippen molar-refractivity contribution in [3.05, 3.63) is 41.3 Å². The van der Waals surface area contributed by atoms with Crippen LogP contribution in [0.15, 0.2) is 41.6 Å². The molecule has 0 aliphatic carbocycles. The molecule has 0 fully saturated rings. The van der Waals surface area contributed by atoms with Crippen molar-refractivity contribution >= 4 is 56.5 Å². The number of carbonyl (C=O) groups is 2. The highest BCUT2D eigenvalue weighted by Crippen LogP contribution is 2.40. The molecular weight excluding hydrogens is 468 g/mol. The Bertz CT molecular complexity index is 1280. The third-order valence-corrected chi connectivity index (χ3v) is 6.83. The van der Waals surface area contributed by atoms with E-state index in [-0.39, 0.29) is 17.9 Å². The van der Waals surface area contributed by atoms with Gasteiger partial charge in [0, 0.05) is 23.3 Å². The highest BCUT2D eigenvalue weighted by atomic mass is 32.2. The topological polar surface area (TPSA) is 122 Å². The zero-order chi connectivity index (χ0) is 24.5. The molecule has 1 aromatic carbocycles. The van der Waals surface area contributed by atoms with E-state index in [2.05, 4.69) is 20.9 Å². The van der Waals surface area contributed by atoms with E-state index in [4.69, 9.17) is 10.7 Å². The minimum absolute atomic E-state index is 0.0877. The zero-order valence-electron chi connectivity index (χ0n) is 19.6. The van der Waals surface area contributed by atoms with Crippen LogP contribution in [-0.2, 0) is 4.79 Å². The van der Waals surface area contributed by atoms with Crippen LogP contribution in [0.2, 0.25) is 0 Å². The fraction of sp³-hybridized carbons (Fsp3) is 0.333. The Balaban J connectivity index is 1.73. The average Bonchev–Trinajstić information content (AvgIpc) is 3.14. The van der Waals surface area contributed by atoms with Gasteiger partial charge in [-0.3, -0.25) is 9.59 Å². The van der Waals surface area contributed by atoms with E-state index in [9.17, 15) is 9.59 Å². The smallest absolute Gasteiger partial charge is 0.263 e. The Morgan fingerprint density at radius 1 is 1.24 bits per heavy atom. The number of amides is 2. The van der Waals surface area contributed by atoms with Gasteiger partial charge in [-0.05, 0) is 45.6 Å². The molecule has 1 aliphatic heterocycles. The summed E-state index contributed by atoms with van der Waals surface area (Å²) in [6.07, 6.45) is 6.57. The SMILES string of the molecule is CSc1nc(-c2cccc(NC(=O)C3CC=CCN3)c2)c2c(N)c(C(=O)NC(C)(C)C)sc2n1. The van der Waals surface area contributed by atoms with Crippen LogP contribution in [0.4, 0.5) is 11.4 Å². The van der Waals surface area contributed by atoms with E-state index in [1.807, 2.05) is 63.4 Å². The predicted octanol–water partition coefficient (Wildman–Crippen LogP) is 4.05. The van der Waals surface area contributed by atoms with Gasteiger partial charge in [-0.15, -0.1) is 11.3 Å². The highest BCUT2D eigenvalue weighted by Gasteiger charge is 2.25. The van der Waals surface area contributed by atoms with Crippen molar-refractivity contribution in [2.75, 3.05) is 23.9 Å². The van der Waals surface area contributed by atoms with Crippen molar-refractivity contribution < 1.29 is 9.59 Å². The number of fused-ring (bicyclic) bond motifs is 1. The van der Waals surface area contributed by atoms with Gasteiger partial charge in [-0.25, -0.2) is 9.97 Å². The van der Waals surface area contributed by atoms with E-state index in [1.54, 1.807) is 0 Å². The highest BCUT2D eigenvalue weighted by molar-refractivity contribution is 7.98. The maximum absolute atomic E-state index is 12.9. The third-order valence-electron chi connectivity index (χ3n) is 5.19. The number of nitrogen functional groups attached to an aromatic ring is 1. The molecule has 1 unspecified atom stereocenters. The number of rotatable bonds is 5. The molecule has 178 valence electrons. The molecule has 0 spiro atoms. The molecule has 10 heteroatoms. The standard InChI is InChI=1S/C24H28N6O2S2/c1-24(2,3)30-21(32)19-17(25)16-18(28-23(33-4)29-22(16)34-19)13-8-7-9-14(12-13)27-20(31)15-10-5-6-11-26-15/h5-9,12,15,26H,10-11,25H2,1-4H3,(H,27,31)(H,30,32). The van der Waals surface area contributed by atoms with Crippen molar-refractivity contribution in [3.63, 3.8) is 0 Å². The molecule has 0 saturated heterocycles. The molecule has 4 rings (SSSR count). The predicted molar refractivity (Wildman–Crippen MR) is 140 cm³/mol. The lowest BCUT2D eigenvalue weighted by molar-refractivity contribution is -0.118. The summed E-state index contributed by atoms with van der Waals surface area (Å²) >= 11 is 2.68. The number of thioether (sulfide) groups is 1. The molecular formula is C24H28N6O2S2. The van der Waals surface area contributed by atoms with Gasteiger partial charge in [0.25, 0.3) is 5.91 Å². The number of nitrogens with zero attached hydrogens (tertiary/aromatic N) is 2. The van der Waals surface area contributed by atoms with Gasteiger partial charge >= 0.3 is 0 Å². The lowest BCUT2D eigenvalue weighted by atomic mass is 10.1. The number of anilines is 2. The molecule has 34 heavy (non-hydrogen) atoms. The van der Waals surface area contributed by atoms with Gasteiger partial charge in [0.2, 0.25) is 5.91 Å². The number of hydrogen-bond acceptors (Lipinski definition) is 8. The van der Waals surface area contributed by atoms with E-state index in [0.717, 1.165) is 5.56 Å². The first-order chi connectivity index (χ1) is 16.2. The molecule has 3 aromatic rings. The summed E-state index contributed by atoms with van der Waals surface area (Å²) < 4.78 is 0. The second-order valence-corrected chi connectivity index (χ2v) is 10.8. The Hall–Kier alpha value is -2.95. The lowest BCUT2D eigenvalue weighted by Gasteiger charge is -2.20. The quantitative estimate of drug-likeness (QED) is 0.239. The molecule has 1 aliphatic rings. The average molecular weight is 497 g/mol. The number of benzene rings is 1. The summed E-state index contributed by atoms with van der Waals surface area (Å²) in [5.41, 5.74) is 8.52. The molecule has 0 saturated carbocycles. The van der Waals surface area contributed by atoms with E-state index < -0.39 is 5.54 Å². The summed E-state index contributed by atoms with van der Waals surface area (Å²) in [6, 6.07) is 7.22. The summed E-state index contributed by atoms with van der Waals surface area (Å²) in [6.45, 7) is 6.44. The second-order valence-electron chi connectivity index (χ2n) is 9.03. The lowest BCUT2D eigenvalue weighted by Crippen LogP contribution is -2.41. The van der Waals surface area contributed by atoms with Crippen LogP contribution in [0, 0.1) is 0 Å². The molecule has 2 aromatic heterocycles. The minimum atomic E-state index is -0.395. The van der Waals surface area contributed by atoms with Crippen LogP contribution in [-0.4, -0.2) is 46.2 Å². The van der Waals surface area contributed by atoms with Crippen LogP contribution in [0.1, 0.15) is 36.9 Å². The van der Waals surface area contributed by atoms with Crippen molar-refractivity contribution in [1.29, 1.82) is 0 Å². The second kappa shape index (κ2) is 9.73. The van der Waals surface area contributed by atoms with Gasteiger partial charge in [-0.2, -0.15) is 0 Å². The first-order valence-corrected chi connectivity index (χ1v) is 13.0. The zero-order valence-corrected chi connectivity index (χ0v) is 21.2. The van der Waals surface area contributed by atoms with Crippen molar-refractivity contribution in [2.24, 2.45) is 0 Å². The van der Waals surface area contributed by atoms with Crippen molar-refractivity contribution in [3.8, 4) is 11.3 Å². The number of hydrogen-bond donors (Lipinski definition) is 4. The van der Waals surface area contributed by atoms with Gasteiger partial charge in [0.15, 0.2) is 5.16 Å². The summed E-state index contributed by atoms with van der Waals surface area (Å²) in [7, 11) is 0. The van der Waals surface area contributed by atoms with Crippen molar-refractivity contribution in [1.82, 2.24) is 20.6 Å². The first-order valence-electron chi connectivity index (χ1n) is 10.9. The van der Waals surface area contributed by atoms with Crippen LogP contribution in [0.25, 0.3) is 21.5 Å². The third kappa shape index (κ3) is 5.24. The summed E-state index contributed by atoms with van der Waals surface area (Å²) in [5, 5.41) is 10.4. The van der Waals surface area contributed by atoms with Crippen LogP contribution >= 0.6 is 23.1 Å². The largest absolute Gasteiger partial charge is 0.397 e. The molecule has 2 amide bonds. The first kappa shape index (κ1) is 24.2. The van der Waals surface area contributed by atoms with Gasteiger partial charge in [-0.1, -0.05) is 36.0 Å². The van der Waals surface area contributed by atoms with Gasteiger partial charge < -0.3 is 21.7 Å². The Labute approximate surface area is 206 Å². The fourth-order valence-electron chi connectivity index (χ4n) is 3.65. The Kier molecular flexibility index (Phi) is 6.92. The normalized spacial score (nSPS) is 15.9. The number of aromatic nitrogens is 2. The number of nitrogens with one attached hydrogen (secondary N) is 3. The Morgan fingerprint density at radius 2 is 2.03 bits per heavy atom. The molecule has 5 N–H and O–H groups in total. The molecule has 0 bridgehead atoms. The number of nitrogens with two attached hydrogens (primary N) is 1. The van der Waals surface area contributed by atoms with Crippen LogP contribution < -0.4 is 21.7 Å². The molecule has 0 radical (unpaired) electrons. The molecule has 3 heterocycles. The van der Waals surface area contributed by atoms with E-state index in [1.165, 1.54) is 23.1 Å². The van der Waals surface area contributed by atoms with E-state index >= 15 is 0 Å². The summed E-state index contributed by atoms with van der Waals surface area (Å²) in [5.74, 6) is -0.324. The van der Waals surface area contributed by atoms with Gasteiger partial charge in [0.05, 0.1) is 22.8 Å². The van der Waals surface area contributed by atoms with Gasteiger partial charge in [0.1, 0.15) is 9.71 Å². The monoisotopic (exact) mass is 496 g/mol. The maximum Gasteiger partial charge on any atom is 0.263 e. The summed E-state index contributed by atoms with van der Waals surface area (Å²) in [4.78, 5) is 35.9. The van der Waals surface area contributed by atoms with Crippen LogP contribution in [0.3, 0.4) is 0 Å². The molecule has 1 atom stereocenters. The number of carbonyl (C=O) groups excluding carboxylic acids is 2. The minimum Gasteiger partial charge on any atom is -0.397 e. The number of thiophene rings is 1. The van der Waals surface area contributed by atoms with Crippen LogP contribution in [0.5, 0.6) is 0 Å².